The van der Waals surface area contributed by atoms with E-state index in [1.54, 1.807) is 24.3 Å². The van der Waals surface area contributed by atoms with Gasteiger partial charge in [0.05, 0.1) is 5.56 Å². The number of fused-ring (bicyclic) bond motifs is 1. The van der Waals surface area contributed by atoms with E-state index in [9.17, 15) is 18.0 Å². The Morgan fingerprint density at radius 1 is 0.906 bits per heavy atom. The zero-order valence-corrected chi connectivity index (χ0v) is 18.0. The molecule has 1 unspecified atom stereocenters. The topological polar surface area (TPSA) is 35.5 Å². The SMILES string of the molecule is CCCCCCC(OC(=O)c1ccc2cc(OCc3ccccc3)ccc2c1)C(F)(F)F. The Hall–Kier alpha value is -3.02. The van der Waals surface area contributed by atoms with Crippen LogP contribution in [-0.2, 0) is 11.3 Å². The van der Waals surface area contributed by atoms with Gasteiger partial charge in [-0.25, -0.2) is 4.79 Å². The fourth-order valence-electron chi connectivity index (χ4n) is 3.42. The molecule has 3 aromatic rings. The average Bonchev–Trinajstić information content (AvgIpc) is 2.79. The molecule has 0 amide bonds. The number of ether oxygens (including phenoxy) is 2. The van der Waals surface area contributed by atoms with Gasteiger partial charge in [-0.2, -0.15) is 13.2 Å². The Bertz CT molecular complexity index is 1020. The molecule has 0 spiro atoms. The van der Waals surface area contributed by atoms with Gasteiger partial charge >= 0.3 is 12.1 Å². The number of rotatable bonds is 10. The molecule has 170 valence electrons. The second kappa shape index (κ2) is 11.0. The van der Waals surface area contributed by atoms with Crippen molar-refractivity contribution in [3.63, 3.8) is 0 Å². The van der Waals surface area contributed by atoms with Crippen molar-refractivity contribution >= 4 is 16.7 Å². The number of halogens is 3. The highest BCUT2D eigenvalue weighted by Gasteiger charge is 2.42. The molecular formula is C26H27F3O3. The molecule has 0 saturated heterocycles. The highest BCUT2D eigenvalue weighted by Crippen LogP contribution is 2.29. The number of carbonyl (C=O) groups excluding carboxylic acids is 1. The highest BCUT2D eigenvalue weighted by atomic mass is 19.4. The third-order valence-electron chi connectivity index (χ3n) is 5.23. The van der Waals surface area contributed by atoms with Crippen molar-refractivity contribution in [3.8, 4) is 5.75 Å². The highest BCUT2D eigenvalue weighted by molar-refractivity contribution is 5.95. The van der Waals surface area contributed by atoms with Crippen molar-refractivity contribution in [3.05, 3.63) is 77.9 Å². The van der Waals surface area contributed by atoms with Crippen molar-refractivity contribution < 1.29 is 27.4 Å². The molecule has 0 aliphatic carbocycles. The summed E-state index contributed by atoms with van der Waals surface area (Å²) in [5.74, 6) is -0.296. The van der Waals surface area contributed by atoms with Crippen LogP contribution in [0, 0.1) is 0 Å². The molecule has 3 nitrogen and oxygen atoms in total. The number of benzene rings is 3. The summed E-state index contributed by atoms with van der Waals surface area (Å²) in [6.45, 7) is 2.41. The molecule has 32 heavy (non-hydrogen) atoms. The third kappa shape index (κ3) is 6.74. The van der Waals surface area contributed by atoms with E-state index in [0.717, 1.165) is 29.2 Å². The molecule has 6 heteroatoms. The first-order valence-corrected chi connectivity index (χ1v) is 10.8. The summed E-state index contributed by atoms with van der Waals surface area (Å²) in [4.78, 5) is 12.4. The van der Waals surface area contributed by atoms with E-state index in [1.165, 1.54) is 6.07 Å². The van der Waals surface area contributed by atoms with Crippen LogP contribution in [0.5, 0.6) is 5.75 Å². The maximum Gasteiger partial charge on any atom is 0.425 e. The number of carbonyl (C=O) groups is 1. The molecule has 0 saturated carbocycles. The van der Waals surface area contributed by atoms with E-state index < -0.39 is 18.2 Å². The first kappa shape index (κ1) is 23.6. The second-order valence-corrected chi connectivity index (χ2v) is 7.78. The van der Waals surface area contributed by atoms with Gasteiger partial charge in [0.25, 0.3) is 0 Å². The third-order valence-corrected chi connectivity index (χ3v) is 5.23. The Balaban J connectivity index is 1.66. The smallest absolute Gasteiger partial charge is 0.425 e. The van der Waals surface area contributed by atoms with Crippen LogP contribution >= 0.6 is 0 Å². The first-order valence-electron chi connectivity index (χ1n) is 10.8. The molecular weight excluding hydrogens is 417 g/mol. The van der Waals surface area contributed by atoms with Gasteiger partial charge in [0.2, 0.25) is 0 Å². The van der Waals surface area contributed by atoms with Crippen LogP contribution in [0.2, 0.25) is 0 Å². The molecule has 3 rings (SSSR count). The molecule has 0 heterocycles. The summed E-state index contributed by atoms with van der Waals surface area (Å²) in [6.07, 6.45) is -4.04. The molecule has 1 atom stereocenters. The van der Waals surface area contributed by atoms with Gasteiger partial charge in [-0.15, -0.1) is 0 Å². The van der Waals surface area contributed by atoms with Crippen LogP contribution in [-0.4, -0.2) is 18.2 Å². The van der Waals surface area contributed by atoms with Crippen molar-refractivity contribution in [1.29, 1.82) is 0 Å². The minimum Gasteiger partial charge on any atom is -0.489 e. The van der Waals surface area contributed by atoms with Crippen molar-refractivity contribution in [2.24, 2.45) is 0 Å². The van der Waals surface area contributed by atoms with Gasteiger partial charge in [0, 0.05) is 0 Å². The van der Waals surface area contributed by atoms with E-state index in [0.29, 0.717) is 25.2 Å². The number of hydrogen-bond acceptors (Lipinski definition) is 3. The van der Waals surface area contributed by atoms with Gasteiger partial charge in [-0.05, 0) is 53.4 Å². The maximum atomic E-state index is 13.3. The molecule has 0 aliphatic heterocycles. The minimum atomic E-state index is -4.58. The summed E-state index contributed by atoms with van der Waals surface area (Å²) < 4.78 is 50.6. The Morgan fingerprint density at radius 3 is 2.34 bits per heavy atom. The zero-order valence-electron chi connectivity index (χ0n) is 18.0. The van der Waals surface area contributed by atoms with Crippen LogP contribution in [0.15, 0.2) is 66.7 Å². The van der Waals surface area contributed by atoms with Crippen LogP contribution < -0.4 is 4.74 Å². The van der Waals surface area contributed by atoms with E-state index >= 15 is 0 Å². The Kier molecular flexibility index (Phi) is 8.14. The lowest BCUT2D eigenvalue weighted by Crippen LogP contribution is -2.33. The van der Waals surface area contributed by atoms with Gasteiger partial charge in [0.15, 0.2) is 6.10 Å². The zero-order chi connectivity index (χ0) is 23.0. The quantitative estimate of drug-likeness (QED) is 0.240. The monoisotopic (exact) mass is 444 g/mol. The van der Waals surface area contributed by atoms with E-state index in [4.69, 9.17) is 9.47 Å². The minimum absolute atomic E-state index is 0.0956. The lowest BCUT2D eigenvalue weighted by Gasteiger charge is -2.20. The maximum absolute atomic E-state index is 13.3. The average molecular weight is 444 g/mol. The molecule has 3 aromatic carbocycles. The van der Waals surface area contributed by atoms with Crippen LogP contribution in [0.3, 0.4) is 0 Å². The van der Waals surface area contributed by atoms with Gasteiger partial charge in [-0.3, -0.25) is 0 Å². The molecule has 0 fully saturated rings. The van der Waals surface area contributed by atoms with Crippen molar-refractivity contribution in [2.75, 3.05) is 0 Å². The van der Waals surface area contributed by atoms with E-state index in [-0.39, 0.29) is 12.0 Å². The molecule has 0 bridgehead atoms. The van der Waals surface area contributed by atoms with Crippen LogP contribution in [0.1, 0.15) is 54.9 Å². The Morgan fingerprint density at radius 2 is 1.62 bits per heavy atom. The lowest BCUT2D eigenvalue weighted by atomic mass is 10.1. The largest absolute Gasteiger partial charge is 0.489 e. The summed E-state index contributed by atoms with van der Waals surface area (Å²) in [7, 11) is 0. The lowest BCUT2D eigenvalue weighted by molar-refractivity contribution is -0.206. The van der Waals surface area contributed by atoms with E-state index in [2.05, 4.69) is 0 Å². The van der Waals surface area contributed by atoms with E-state index in [1.807, 2.05) is 43.3 Å². The molecule has 0 radical (unpaired) electrons. The van der Waals surface area contributed by atoms with Crippen LogP contribution in [0.25, 0.3) is 10.8 Å². The van der Waals surface area contributed by atoms with Crippen molar-refractivity contribution in [2.45, 2.75) is 57.9 Å². The van der Waals surface area contributed by atoms with Crippen LogP contribution in [0.4, 0.5) is 13.2 Å². The molecule has 0 aliphatic rings. The predicted molar refractivity (Wildman–Crippen MR) is 119 cm³/mol. The second-order valence-electron chi connectivity index (χ2n) is 7.78. The number of esters is 1. The molecule has 0 N–H and O–H groups in total. The first-order chi connectivity index (χ1) is 15.4. The van der Waals surface area contributed by atoms with Gasteiger partial charge < -0.3 is 9.47 Å². The van der Waals surface area contributed by atoms with Gasteiger partial charge in [0.1, 0.15) is 12.4 Å². The standard InChI is InChI=1S/C26H27F3O3/c1-2-3-4-8-11-24(26(27,28)29)32-25(30)22-13-12-21-17-23(15-14-20(21)16-22)31-18-19-9-6-5-7-10-19/h5-7,9-10,12-17,24H,2-4,8,11,18H2,1H3. The fraction of sp³-hybridized carbons (Fsp3) is 0.346. The Labute approximate surface area is 186 Å². The van der Waals surface area contributed by atoms with Gasteiger partial charge in [-0.1, -0.05) is 68.7 Å². The number of alkyl halides is 3. The number of hydrogen-bond donors (Lipinski definition) is 0. The molecule has 0 aromatic heterocycles. The predicted octanol–water partition coefficient (Wildman–Crippen LogP) is 7.48. The summed E-state index contributed by atoms with van der Waals surface area (Å²) in [6, 6.07) is 19.8. The summed E-state index contributed by atoms with van der Waals surface area (Å²) in [5.41, 5.74) is 1.14. The summed E-state index contributed by atoms with van der Waals surface area (Å²) >= 11 is 0. The summed E-state index contributed by atoms with van der Waals surface area (Å²) in [5, 5.41) is 1.54. The normalized spacial score (nSPS) is 12.5. The fourth-order valence-corrected chi connectivity index (χ4v) is 3.42. The number of unbranched alkanes of at least 4 members (excludes halogenated alkanes) is 3. The van der Waals surface area contributed by atoms with Crippen molar-refractivity contribution in [1.82, 2.24) is 0 Å².